The number of nitrogens with one attached hydrogen (secondary N) is 1. The Morgan fingerprint density at radius 2 is 1.90 bits per heavy atom. The minimum absolute atomic E-state index is 0.0560. The van der Waals surface area contributed by atoms with E-state index in [0.717, 1.165) is 0 Å². The van der Waals surface area contributed by atoms with E-state index < -0.39 is 16.1 Å². The third kappa shape index (κ3) is 3.61. The topological polar surface area (TPSA) is 70.0 Å². The van der Waals surface area contributed by atoms with Gasteiger partial charge in [-0.3, -0.25) is 0 Å². The van der Waals surface area contributed by atoms with Crippen molar-refractivity contribution in [3.8, 4) is 6.07 Å². The fraction of sp³-hybridized carbons (Fsp3) is 0.133. The van der Waals surface area contributed by atoms with E-state index in [1.807, 2.05) is 6.07 Å². The average Bonchev–Trinajstić information content (AvgIpc) is 2.47. The zero-order valence-corrected chi connectivity index (χ0v) is 12.8. The fourth-order valence-corrected chi connectivity index (χ4v) is 3.49. The molecule has 0 aliphatic rings. The molecule has 0 saturated carbocycles. The summed E-state index contributed by atoms with van der Waals surface area (Å²) >= 11 is 6.06. The van der Waals surface area contributed by atoms with Crippen LogP contribution in [0.15, 0.2) is 53.4 Å². The molecule has 0 aliphatic carbocycles. The summed E-state index contributed by atoms with van der Waals surface area (Å²) in [4.78, 5) is 0.0560. The quantitative estimate of drug-likeness (QED) is 0.940. The van der Waals surface area contributed by atoms with Crippen LogP contribution in [0.2, 0.25) is 5.02 Å². The Balaban J connectivity index is 2.29. The molecule has 21 heavy (non-hydrogen) atoms. The molecule has 0 radical (unpaired) electrons. The number of nitriles is 1. The van der Waals surface area contributed by atoms with Crippen molar-refractivity contribution in [2.24, 2.45) is 0 Å². The zero-order chi connectivity index (χ0) is 15.5. The van der Waals surface area contributed by atoms with Crippen LogP contribution in [0.25, 0.3) is 0 Å². The normalized spacial score (nSPS) is 12.6. The van der Waals surface area contributed by atoms with Crippen LogP contribution in [0.3, 0.4) is 0 Å². The van der Waals surface area contributed by atoms with Crippen molar-refractivity contribution in [1.29, 1.82) is 5.26 Å². The van der Waals surface area contributed by atoms with Crippen LogP contribution in [0.1, 0.15) is 24.1 Å². The zero-order valence-electron chi connectivity index (χ0n) is 11.2. The molecule has 0 spiro atoms. The van der Waals surface area contributed by atoms with Crippen molar-refractivity contribution in [2.45, 2.75) is 17.9 Å². The monoisotopic (exact) mass is 320 g/mol. The van der Waals surface area contributed by atoms with Gasteiger partial charge in [0.1, 0.15) is 0 Å². The predicted octanol–water partition coefficient (Wildman–Crippen LogP) is 3.25. The lowest BCUT2D eigenvalue weighted by Crippen LogP contribution is -2.27. The molecule has 108 valence electrons. The number of nitrogens with zero attached hydrogens (tertiary/aromatic N) is 1. The third-order valence-electron chi connectivity index (χ3n) is 2.98. The molecule has 1 atom stereocenters. The van der Waals surface area contributed by atoms with Gasteiger partial charge >= 0.3 is 0 Å². The van der Waals surface area contributed by atoms with Crippen LogP contribution >= 0.6 is 11.6 Å². The Kier molecular flexibility index (Phi) is 4.63. The first-order valence-electron chi connectivity index (χ1n) is 6.21. The van der Waals surface area contributed by atoms with Gasteiger partial charge in [-0.1, -0.05) is 35.9 Å². The lowest BCUT2D eigenvalue weighted by Gasteiger charge is -2.16. The van der Waals surface area contributed by atoms with Gasteiger partial charge in [-0.05, 0) is 36.8 Å². The Morgan fingerprint density at radius 1 is 1.19 bits per heavy atom. The van der Waals surface area contributed by atoms with Crippen LogP contribution in [-0.2, 0) is 10.0 Å². The summed E-state index contributed by atoms with van der Waals surface area (Å²) in [5.74, 6) is 0. The van der Waals surface area contributed by atoms with Crippen molar-refractivity contribution < 1.29 is 8.42 Å². The van der Waals surface area contributed by atoms with E-state index in [9.17, 15) is 8.42 Å². The highest BCUT2D eigenvalue weighted by molar-refractivity contribution is 7.89. The number of sulfonamides is 1. The average molecular weight is 321 g/mol. The summed E-state index contributed by atoms with van der Waals surface area (Å²) in [6.45, 7) is 1.72. The Morgan fingerprint density at radius 3 is 2.57 bits per heavy atom. The second kappa shape index (κ2) is 6.27. The molecule has 0 aromatic heterocycles. The van der Waals surface area contributed by atoms with E-state index in [2.05, 4.69) is 4.72 Å². The maximum Gasteiger partial charge on any atom is 0.241 e. The Hall–Kier alpha value is -1.87. The molecule has 1 N–H and O–H groups in total. The molecule has 2 aromatic rings. The molecule has 0 bridgehead atoms. The number of rotatable bonds is 4. The number of hydrogen-bond acceptors (Lipinski definition) is 3. The first-order chi connectivity index (χ1) is 9.94. The van der Waals surface area contributed by atoms with Crippen molar-refractivity contribution in [3.05, 3.63) is 64.7 Å². The van der Waals surface area contributed by atoms with E-state index in [-0.39, 0.29) is 4.90 Å². The Bertz CT molecular complexity index is 797. The molecule has 0 amide bonds. The van der Waals surface area contributed by atoms with Gasteiger partial charge in [0.25, 0.3) is 0 Å². The van der Waals surface area contributed by atoms with Gasteiger partial charge in [-0.2, -0.15) is 5.26 Å². The van der Waals surface area contributed by atoms with Crippen LogP contribution < -0.4 is 4.72 Å². The van der Waals surface area contributed by atoms with Gasteiger partial charge in [0.05, 0.1) is 16.5 Å². The van der Waals surface area contributed by atoms with Gasteiger partial charge in [0.15, 0.2) is 0 Å². The molecule has 4 nitrogen and oxygen atoms in total. The summed E-state index contributed by atoms with van der Waals surface area (Å²) < 4.78 is 27.2. The van der Waals surface area contributed by atoms with E-state index in [1.165, 1.54) is 18.2 Å². The van der Waals surface area contributed by atoms with Crippen LogP contribution in [0.4, 0.5) is 0 Å². The molecular formula is C15H13ClN2O2S. The van der Waals surface area contributed by atoms with Crippen molar-refractivity contribution in [2.75, 3.05) is 0 Å². The summed E-state index contributed by atoms with van der Waals surface area (Å²) in [6.07, 6.45) is 0. The summed E-state index contributed by atoms with van der Waals surface area (Å²) in [5.41, 5.74) is 0.988. The second-order valence-electron chi connectivity index (χ2n) is 4.50. The minimum Gasteiger partial charge on any atom is -0.207 e. The largest absolute Gasteiger partial charge is 0.241 e. The van der Waals surface area contributed by atoms with Gasteiger partial charge < -0.3 is 0 Å². The van der Waals surface area contributed by atoms with Crippen LogP contribution in [-0.4, -0.2) is 8.42 Å². The molecule has 6 heteroatoms. The standard InChI is InChI=1S/C15H13ClN2O2S/c1-11(14-7-2-3-8-15(14)16)18-21(19,20)13-6-4-5-12(9-13)10-17/h2-9,11,18H,1H3. The van der Waals surface area contributed by atoms with E-state index in [1.54, 1.807) is 37.3 Å². The lowest BCUT2D eigenvalue weighted by molar-refractivity contribution is 0.567. The van der Waals surface area contributed by atoms with Gasteiger partial charge in [-0.15, -0.1) is 0 Å². The summed E-state index contributed by atoms with van der Waals surface area (Å²) in [7, 11) is -3.72. The molecule has 2 rings (SSSR count). The molecule has 0 aliphatic heterocycles. The van der Waals surface area contributed by atoms with Gasteiger partial charge in [0.2, 0.25) is 10.0 Å². The van der Waals surface area contributed by atoms with E-state index >= 15 is 0 Å². The first-order valence-corrected chi connectivity index (χ1v) is 8.07. The molecule has 2 aromatic carbocycles. The van der Waals surface area contributed by atoms with Crippen molar-refractivity contribution in [1.82, 2.24) is 4.72 Å². The second-order valence-corrected chi connectivity index (χ2v) is 6.63. The Labute approximate surface area is 129 Å². The minimum atomic E-state index is -3.72. The molecule has 0 fully saturated rings. The molecule has 0 heterocycles. The van der Waals surface area contributed by atoms with Gasteiger partial charge in [-0.25, -0.2) is 13.1 Å². The lowest BCUT2D eigenvalue weighted by atomic mass is 10.1. The SMILES string of the molecule is CC(NS(=O)(=O)c1cccc(C#N)c1)c1ccccc1Cl. The number of benzene rings is 2. The number of hydrogen-bond donors (Lipinski definition) is 1. The molecule has 1 unspecified atom stereocenters. The summed E-state index contributed by atoms with van der Waals surface area (Å²) in [6, 6.07) is 14.4. The van der Waals surface area contributed by atoms with Crippen LogP contribution in [0.5, 0.6) is 0 Å². The third-order valence-corrected chi connectivity index (χ3v) is 4.86. The highest BCUT2D eigenvalue weighted by atomic mass is 35.5. The maximum atomic E-state index is 12.3. The van der Waals surface area contributed by atoms with E-state index in [0.29, 0.717) is 16.1 Å². The molecule has 0 saturated heterocycles. The molecular weight excluding hydrogens is 308 g/mol. The highest BCUT2D eigenvalue weighted by Crippen LogP contribution is 2.24. The van der Waals surface area contributed by atoms with Crippen molar-refractivity contribution in [3.63, 3.8) is 0 Å². The van der Waals surface area contributed by atoms with E-state index in [4.69, 9.17) is 16.9 Å². The van der Waals surface area contributed by atoms with Crippen molar-refractivity contribution >= 4 is 21.6 Å². The van der Waals surface area contributed by atoms with Crippen LogP contribution in [0, 0.1) is 11.3 Å². The predicted molar refractivity (Wildman–Crippen MR) is 81.3 cm³/mol. The summed E-state index contributed by atoms with van der Waals surface area (Å²) in [5, 5.41) is 9.34. The first kappa shape index (κ1) is 15.5. The highest BCUT2D eigenvalue weighted by Gasteiger charge is 2.19. The number of halogens is 1. The fourth-order valence-electron chi connectivity index (χ4n) is 1.92. The smallest absolute Gasteiger partial charge is 0.207 e. The maximum absolute atomic E-state index is 12.3. The van der Waals surface area contributed by atoms with Gasteiger partial charge in [0, 0.05) is 11.1 Å².